The van der Waals surface area contributed by atoms with Crippen molar-refractivity contribution in [1.29, 1.82) is 0 Å². The van der Waals surface area contributed by atoms with Crippen LogP contribution in [0.5, 0.6) is 5.75 Å². The van der Waals surface area contributed by atoms with Gasteiger partial charge in [-0.25, -0.2) is 4.79 Å². The normalized spacial score (nSPS) is 10.5. The second-order valence-corrected chi connectivity index (χ2v) is 5.79. The summed E-state index contributed by atoms with van der Waals surface area (Å²) in [7, 11) is 0. The lowest BCUT2D eigenvalue weighted by Crippen LogP contribution is -1.96. The molecule has 4 heteroatoms. The monoisotopic (exact) mass is 276 g/mol. The Bertz CT molecular complexity index is 614. The average molecular weight is 276 g/mol. The Labute approximate surface area is 116 Å². The predicted molar refractivity (Wildman–Crippen MR) is 76.3 cm³/mol. The van der Waals surface area contributed by atoms with Crippen LogP contribution in [0.15, 0.2) is 24.3 Å². The molecule has 0 atom stereocenters. The second kappa shape index (κ2) is 5.45. The molecule has 1 N–H and O–H groups in total. The summed E-state index contributed by atoms with van der Waals surface area (Å²) in [5.41, 5.74) is 3.35. The van der Waals surface area contributed by atoms with Crippen molar-refractivity contribution in [2.24, 2.45) is 0 Å². The number of ether oxygens (including phenoxy) is 1. The van der Waals surface area contributed by atoms with Crippen molar-refractivity contribution in [2.45, 2.75) is 27.4 Å². The minimum absolute atomic E-state index is 0.358. The van der Waals surface area contributed by atoms with Crippen LogP contribution in [0.2, 0.25) is 0 Å². The van der Waals surface area contributed by atoms with Gasteiger partial charge in [-0.3, -0.25) is 0 Å². The molecule has 1 aromatic carbocycles. The number of thiophene rings is 1. The fraction of sp³-hybridized carbons (Fsp3) is 0.267. The summed E-state index contributed by atoms with van der Waals surface area (Å²) in [5.74, 6) is -0.0731. The van der Waals surface area contributed by atoms with Crippen LogP contribution < -0.4 is 4.74 Å². The van der Waals surface area contributed by atoms with Gasteiger partial charge >= 0.3 is 5.97 Å². The van der Waals surface area contributed by atoms with Gasteiger partial charge in [0.15, 0.2) is 0 Å². The number of aryl methyl sites for hydroxylation is 3. The average Bonchev–Trinajstić information content (AvgIpc) is 2.73. The summed E-state index contributed by atoms with van der Waals surface area (Å²) in [5, 5.41) is 8.94. The summed E-state index contributed by atoms with van der Waals surface area (Å²) in [6, 6.07) is 7.63. The van der Waals surface area contributed by atoms with Crippen molar-refractivity contribution in [3.63, 3.8) is 0 Å². The summed E-state index contributed by atoms with van der Waals surface area (Å²) in [4.78, 5) is 12.2. The molecule has 0 saturated carbocycles. The lowest BCUT2D eigenvalue weighted by molar-refractivity contribution is 0.0702. The van der Waals surface area contributed by atoms with Gasteiger partial charge in [-0.05, 0) is 50.1 Å². The number of carboxylic acids is 1. The number of hydrogen-bond donors (Lipinski definition) is 1. The first-order chi connectivity index (χ1) is 8.97. The largest absolute Gasteiger partial charge is 0.489 e. The molecule has 3 nitrogen and oxygen atoms in total. The van der Waals surface area contributed by atoms with Crippen LogP contribution in [0, 0.1) is 20.8 Å². The smallest absolute Gasteiger partial charge is 0.345 e. The molecule has 0 radical (unpaired) electrons. The Morgan fingerprint density at radius 3 is 2.53 bits per heavy atom. The lowest BCUT2D eigenvalue weighted by atomic mass is 10.1. The van der Waals surface area contributed by atoms with Crippen LogP contribution in [-0.4, -0.2) is 11.1 Å². The molecule has 1 heterocycles. The fourth-order valence-electron chi connectivity index (χ4n) is 1.73. The van der Waals surface area contributed by atoms with E-state index in [0.717, 1.165) is 16.2 Å². The van der Waals surface area contributed by atoms with E-state index in [0.29, 0.717) is 11.5 Å². The Balaban J connectivity index is 2.09. The second-order valence-electron chi connectivity index (χ2n) is 4.53. The number of hydrogen-bond acceptors (Lipinski definition) is 3. The molecule has 0 unspecified atom stereocenters. The van der Waals surface area contributed by atoms with Crippen molar-refractivity contribution in [2.75, 3.05) is 0 Å². The van der Waals surface area contributed by atoms with Gasteiger partial charge in [0.2, 0.25) is 0 Å². The highest BCUT2D eigenvalue weighted by Crippen LogP contribution is 2.24. The van der Waals surface area contributed by atoms with Gasteiger partial charge in [-0.15, -0.1) is 11.3 Å². The molecule has 100 valence electrons. The van der Waals surface area contributed by atoms with Crippen LogP contribution in [0.25, 0.3) is 0 Å². The van der Waals surface area contributed by atoms with Crippen LogP contribution >= 0.6 is 11.3 Å². The van der Waals surface area contributed by atoms with Crippen molar-refractivity contribution < 1.29 is 14.6 Å². The van der Waals surface area contributed by atoms with Gasteiger partial charge in [0.1, 0.15) is 17.2 Å². The highest BCUT2D eigenvalue weighted by atomic mass is 32.1. The van der Waals surface area contributed by atoms with Crippen LogP contribution in [0.3, 0.4) is 0 Å². The molecule has 2 rings (SSSR count). The third-order valence-electron chi connectivity index (χ3n) is 3.10. The van der Waals surface area contributed by atoms with E-state index in [1.54, 1.807) is 6.07 Å². The van der Waals surface area contributed by atoms with Crippen molar-refractivity contribution in [3.8, 4) is 5.75 Å². The maximum Gasteiger partial charge on any atom is 0.345 e. The third kappa shape index (κ3) is 3.15. The predicted octanol–water partition coefficient (Wildman–Crippen LogP) is 3.95. The SMILES string of the molecule is Cc1ccc(OCc2cc(C(=O)O)sc2C)cc1C. The van der Waals surface area contributed by atoms with E-state index in [1.807, 2.05) is 32.0 Å². The molecule has 0 bridgehead atoms. The molecule has 1 aromatic heterocycles. The zero-order chi connectivity index (χ0) is 14.0. The van der Waals surface area contributed by atoms with Gasteiger partial charge in [0.25, 0.3) is 0 Å². The molecule has 0 spiro atoms. The minimum atomic E-state index is -0.884. The molecule has 19 heavy (non-hydrogen) atoms. The maximum atomic E-state index is 10.9. The maximum absolute atomic E-state index is 10.9. The van der Waals surface area contributed by atoms with E-state index in [4.69, 9.17) is 9.84 Å². The van der Waals surface area contributed by atoms with E-state index in [2.05, 4.69) is 6.92 Å². The van der Waals surface area contributed by atoms with Crippen molar-refractivity contribution in [1.82, 2.24) is 0 Å². The van der Waals surface area contributed by atoms with E-state index in [-0.39, 0.29) is 0 Å². The standard InChI is InChI=1S/C15H16O3S/c1-9-4-5-13(6-10(9)2)18-8-12-7-14(15(16)17)19-11(12)3/h4-7H,8H2,1-3H3,(H,16,17). The van der Waals surface area contributed by atoms with E-state index in [1.165, 1.54) is 22.5 Å². The molecule has 0 saturated heterocycles. The number of carboxylic acid groups (broad SMARTS) is 1. The van der Waals surface area contributed by atoms with Crippen molar-refractivity contribution in [3.05, 3.63) is 50.7 Å². The minimum Gasteiger partial charge on any atom is -0.489 e. The molecule has 0 amide bonds. The number of benzene rings is 1. The summed E-state index contributed by atoms with van der Waals surface area (Å²) < 4.78 is 5.72. The zero-order valence-electron chi connectivity index (χ0n) is 11.2. The Morgan fingerprint density at radius 2 is 1.95 bits per heavy atom. The summed E-state index contributed by atoms with van der Waals surface area (Å²) in [6.07, 6.45) is 0. The van der Waals surface area contributed by atoms with Crippen LogP contribution in [-0.2, 0) is 6.61 Å². The lowest BCUT2D eigenvalue weighted by Gasteiger charge is -2.08. The van der Waals surface area contributed by atoms with Crippen LogP contribution in [0.4, 0.5) is 0 Å². The van der Waals surface area contributed by atoms with Gasteiger partial charge in [0, 0.05) is 10.4 Å². The summed E-state index contributed by atoms with van der Waals surface area (Å²) >= 11 is 1.28. The Hall–Kier alpha value is -1.81. The number of aromatic carboxylic acids is 1. The fourth-order valence-corrected chi connectivity index (χ4v) is 2.60. The summed E-state index contributed by atoms with van der Waals surface area (Å²) in [6.45, 7) is 6.41. The number of carbonyl (C=O) groups is 1. The van der Waals surface area contributed by atoms with Crippen molar-refractivity contribution >= 4 is 17.3 Å². The highest BCUT2D eigenvalue weighted by Gasteiger charge is 2.11. The molecule has 0 aliphatic rings. The van der Waals surface area contributed by atoms with Crippen LogP contribution in [0.1, 0.15) is 31.2 Å². The van der Waals surface area contributed by atoms with E-state index < -0.39 is 5.97 Å². The highest BCUT2D eigenvalue weighted by molar-refractivity contribution is 7.14. The zero-order valence-corrected chi connectivity index (χ0v) is 12.0. The first kappa shape index (κ1) is 13.6. The van der Waals surface area contributed by atoms with Gasteiger partial charge in [-0.1, -0.05) is 6.07 Å². The molecule has 0 fully saturated rings. The van der Waals surface area contributed by atoms with Gasteiger partial charge in [-0.2, -0.15) is 0 Å². The Kier molecular flexibility index (Phi) is 3.90. The third-order valence-corrected chi connectivity index (χ3v) is 4.18. The molecular formula is C15H16O3S. The quantitative estimate of drug-likeness (QED) is 0.919. The van der Waals surface area contributed by atoms with E-state index >= 15 is 0 Å². The number of rotatable bonds is 4. The molecule has 0 aliphatic heterocycles. The van der Waals surface area contributed by atoms with Gasteiger partial charge < -0.3 is 9.84 Å². The molecule has 0 aliphatic carbocycles. The molecule has 2 aromatic rings. The topological polar surface area (TPSA) is 46.5 Å². The first-order valence-electron chi connectivity index (χ1n) is 6.00. The first-order valence-corrected chi connectivity index (χ1v) is 6.81. The van der Waals surface area contributed by atoms with E-state index in [9.17, 15) is 4.79 Å². The molecular weight excluding hydrogens is 260 g/mol. The van der Waals surface area contributed by atoms with Gasteiger partial charge in [0.05, 0.1) is 0 Å². The Morgan fingerprint density at radius 1 is 1.21 bits per heavy atom.